The highest BCUT2D eigenvalue weighted by atomic mass is 79.9. The van der Waals surface area contributed by atoms with Crippen molar-refractivity contribution in [2.75, 3.05) is 5.33 Å². The average molecular weight is 371 g/mol. The first-order chi connectivity index (χ1) is 10.1. The Morgan fingerprint density at radius 3 is 2.57 bits per heavy atom. The molecule has 0 fully saturated rings. The van der Waals surface area contributed by atoms with Crippen LogP contribution in [0.15, 0.2) is 48.5 Å². The summed E-state index contributed by atoms with van der Waals surface area (Å²) in [5.74, 6) is -0.909. The molecule has 21 heavy (non-hydrogen) atoms. The number of benzene rings is 2. The Labute approximate surface area is 136 Å². The standard InChI is InChI=1S/C16H14BrClFNO/c17-10-13(8-11-4-2-1-3-5-11)20-16(21)12-6-7-14(18)15(19)9-12/h1-7,9,13H,8,10H2,(H,20,21). The van der Waals surface area contributed by atoms with Crippen LogP contribution in [0.1, 0.15) is 15.9 Å². The van der Waals surface area contributed by atoms with Gasteiger partial charge in [0.15, 0.2) is 0 Å². The second-order valence-electron chi connectivity index (χ2n) is 4.64. The number of carbonyl (C=O) groups is 1. The van der Waals surface area contributed by atoms with E-state index in [1.165, 1.54) is 12.1 Å². The van der Waals surface area contributed by atoms with E-state index in [0.29, 0.717) is 11.8 Å². The molecule has 1 unspecified atom stereocenters. The van der Waals surface area contributed by atoms with Crippen LogP contribution in [0.5, 0.6) is 0 Å². The van der Waals surface area contributed by atoms with Crippen molar-refractivity contribution in [1.29, 1.82) is 0 Å². The van der Waals surface area contributed by atoms with Gasteiger partial charge in [0.25, 0.3) is 5.91 Å². The number of amides is 1. The fourth-order valence-electron chi connectivity index (χ4n) is 1.95. The van der Waals surface area contributed by atoms with Crippen molar-refractivity contribution >= 4 is 33.4 Å². The van der Waals surface area contributed by atoms with Gasteiger partial charge in [-0.1, -0.05) is 57.9 Å². The van der Waals surface area contributed by atoms with Crippen LogP contribution in [0.2, 0.25) is 5.02 Å². The molecule has 5 heteroatoms. The maximum absolute atomic E-state index is 13.4. The third kappa shape index (κ3) is 4.55. The van der Waals surface area contributed by atoms with Crippen LogP contribution >= 0.6 is 27.5 Å². The van der Waals surface area contributed by atoms with Crippen molar-refractivity contribution < 1.29 is 9.18 Å². The molecule has 0 bridgehead atoms. The quantitative estimate of drug-likeness (QED) is 0.785. The molecule has 1 atom stereocenters. The van der Waals surface area contributed by atoms with Crippen molar-refractivity contribution in [2.45, 2.75) is 12.5 Å². The Balaban J connectivity index is 2.04. The van der Waals surface area contributed by atoms with E-state index in [1.54, 1.807) is 0 Å². The molecule has 0 aliphatic heterocycles. The summed E-state index contributed by atoms with van der Waals surface area (Å²) in [6.07, 6.45) is 0.702. The van der Waals surface area contributed by atoms with Crippen LogP contribution in [0.25, 0.3) is 0 Å². The lowest BCUT2D eigenvalue weighted by molar-refractivity contribution is 0.0940. The van der Waals surface area contributed by atoms with E-state index in [-0.39, 0.29) is 22.5 Å². The van der Waals surface area contributed by atoms with Gasteiger partial charge in [0.05, 0.1) is 5.02 Å². The molecule has 0 spiro atoms. The van der Waals surface area contributed by atoms with E-state index in [4.69, 9.17) is 11.6 Å². The van der Waals surface area contributed by atoms with E-state index >= 15 is 0 Å². The summed E-state index contributed by atoms with van der Waals surface area (Å²) in [7, 11) is 0. The number of carbonyl (C=O) groups excluding carboxylic acids is 1. The first-order valence-electron chi connectivity index (χ1n) is 6.46. The van der Waals surface area contributed by atoms with Gasteiger partial charge < -0.3 is 5.32 Å². The van der Waals surface area contributed by atoms with E-state index in [9.17, 15) is 9.18 Å². The van der Waals surface area contributed by atoms with Gasteiger partial charge in [-0.25, -0.2) is 4.39 Å². The van der Waals surface area contributed by atoms with Gasteiger partial charge in [-0.15, -0.1) is 0 Å². The van der Waals surface area contributed by atoms with E-state index < -0.39 is 5.82 Å². The minimum atomic E-state index is -0.595. The van der Waals surface area contributed by atoms with Crippen molar-refractivity contribution in [3.63, 3.8) is 0 Å². The second-order valence-corrected chi connectivity index (χ2v) is 5.70. The molecule has 0 aliphatic carbocycles. The smallest absolute Gasteiger partial charge is 0.251 e. The number of nitrogens with one attached hydrogen (secondary N) is 1. The van der Waals surface area contributed by atoms with Gasteiger partial charge >= 0.3 is 0 Å². The molecule has 2 nitrogen and oxygen atoms in total. The van der Waals surface area contributed by atoms with Crippen LogP contribution in [0.4, 0.5) is 4.39 Å². The van der Waals surface area contributed by atoms with E-state index in [0.717, 1.165) is 11.6 Å². The molecule has 0 heterocycles. The van der Waals surface area contributed by atoms with Gasteiger partial charge in [-0.05, 0) is 30.2 Å². The Bertz CT molecular complexity index is 621. The number of halogens is 3. The number of alkyl halides is 1. The van der Waals surface area contributed by atoms with E-state index in [1.807, 2.05) is 30.3 Å². The molecular weight excluding hydrogens is 357 g/mol. The Kier molecular flexibility index (Phi) is 5.76. The molecule has 2 rings (SSSR count). The minimum absolute atomic E-state index is 0.00729. The SMILES string of the molecule is O=C(NC(CBr)Cc1ccccc1)c1ccc(Cl)c(F)c1. The molecule has 0 saturated carbocycles. The normalized spacial score (nSPS) is 12.0. The van der Waals surface area contributed by atoms with Gasteiger partial charge in [0.2, 0.25) is 0 Å². The molecule has 0 saturated heterocycles. The predicted octanol–water partition coefficient (Wildman–Crippen LogP) is 4.22. The number of hydrogen-bond donors (Lipinski definition) is 1. The van der Waals surface area contributed by atoms with Gasteiger partial charge in [0.1, 0.15) is 5.82 Å². The molecule has 110 valence electrons. The summed E-state index contributed by atoms with van der Waals surface area (Å²) in [6, 6.07) is 13.8. The topological polar surface area (TPSA) is 29.1 Å². The summed E-state index contributed by atoms with van der Waals surface area (Å²) in [6.45, 7) is 0. The van der Waals surface area contributed by atoms with Crippen LogP contribution in [0, 0.1) is 5.82 Å². The Morgan fingerprint density at radius 1 is 1.24 bits per heavy atom. The van der Waals surface area contributed by atoms with Crippen LogP contribution < -0.4 is 5.32 Å². The third-order valence-corrected chi connectivity index (χ3v) is 4.12. The second kappa shape index (κ2) is 7.57. The minimum Gasteiger partial charge on any atom is -0.348 e. The monoisotopic (exact) mass is 369 g/mol. The lowest BCUT2D eigenvalue weighted by Gasteiger charge is -2.16. The van der Waals surface area contributed by atoms with Crippen LogP contribution in [-0.2, 0) is 6.42 Å². The largest absolute Gasteiger partial charge is 0.348 e. The maximum Gasteiger partial charge on any atom is 0.251 e. The molecule has 0 aromatic heterocycles. The first kappa shape index (κ1) is 16.0. The van der Waals surface area contributed by atoms with Gasteiger partial charge in [0, 0.05) is 16.9 Å². The highest BCUT2D eigenvalue weighted by Gasteiger charge is 2.14. The van der Waals surface area contributed by atoms with Gasteiger partial charge in [-0.2, -0.15) is 0 Å². The number of rotatable bonds is 5. The summed E-state index contributed by atoms with van der Waals surface area (Å²) in [5.41, 5.74) is 1.39. The van der Waals surface area contributed by atoms with E-state index in [2.05, 4.69) is 21.2 Å². The molecule has 2 aromatic carbocycles. The third-order valence-electron chi connectivity index (χ3n) is 3.03. The van der Waals surface area contributed by atoms with Crippen molar-refractivity contribution in [3.05, 3.63) is 70.5 Å². The molecule has 1 N–H and O–H groups in total. The Morgan fingerprint density at radius 2 is 1.95 bits per heavy atom. The molecular formula is C16H14BrClFNO. The van der Waals surface area contributed by atoms with Crippen LogP contribution in [-0.4, -0.2) is 17.3 Å². The summed E-state index contributed by atoms with van der Waals surface area (Å²) in [4.78, 5) is 12.1. The molecule has 2 aromatic rings. The zero-order chi connectivity index (χ0) is 15.2. The summed E-state index contributed by atoms with van der Waals surface area (Å²) < 4.78 is 13.4. The van der Waals surface area contributed by atoms with Crippen molar-refractivity contribution in [3.8, 4) is 0 Å². The predicted molar refractivity (Wildman–Crippen MR) is 86.6 cm³/mol. The first-order valence-corrected chi connectivity index (χ1v) is 7.96. The number of hydrogen-bond acceptors (Lipinski definition) is 1. The average Bonchev–Trinajstić information content (AvgIpc) is 2.50. The fourth-order valence-corrected chi connectivity index (χ4v) is 2.46. The van der Waals surface area contributed by atoms with Crippen molar-refractivity contribution in [2.24, 2.45) is 0 Å². The molecule has 1 amide bonds. The lowest BCUT2D eigenvalue weighted by atomic mass is 10.1. The van der Waals surface area contributed by atoms with Gasteiger partial charge in [-0.3, -0.25) is 4.79 Å². The fraction of sp³-hybridized carbons (Fsp3) is 0.188. The summed E-state index contributed by atoms with van der Waals surface area (Å²) in [5, 5.41) is 3.50. The Hall–Kier alpha value is -1.39. The zero-order valence-electron chi connectivity index (χ0n) is 11.2. The maximum atomic E-state index is 13.4. The van der Waals surface area contributed by atoms with Crippen LogP contribution in [0.3, 0.4) is 0 Å². The lowest BCUT2D eigenvalue weighted by Crippen LogP contribution is -2.37. The molecule has 0 aliphatic rings. The molecule has 0 radical (unpaired) electrons. The highest BCUT2D eigenvalue weighted by molar-refractivity contribution is 9.09. The zero-order valence-corrected chi connectivity index (χ0v) is 13.5. The highest BCUT2D eigenvalue weighted by Crippen LogP contribution is 2.16. The van der Waals surface area contributed by atoms with Crippen molar-refractivity contribution in [1.82, 2.24) is 5.32 Å². The summed E-state index contributed by atoms with van der Waals surface area (Å²) >= 11 is 9.00.